The summed E-state index contributed by atoms with van der Waals surface area (Å²) in [5.41, 5.74) is 0. The van der Waals surface area contributed by atoms with Crippen LogP contribution in [0.3, 0.4) is 0 Å². The predicted octanol–water partition coefficient (Wildman–Crippen LogP) is -0.342. The SMILES string of the molecule is CC(=O)N1C[C@@H]2CN(S(=O)(=O)C3CC3)CCO[C@@H]2C1. The van der Waals surface area contributed by atoms with Crippen molar-refractivity contribution in [2.24, 2.45) is 5.92 Å². The largest absolute Gasteiger partial charge is 0.375 e. The Labute approximate surface area is 113 Å². The Morgan fingerprint density at radius 1 is 1.21 bits per heavy atom. The molecule has 1 saturated carbocycles. The molecule has 3 fully saturated rings. The topological polar surface area (TPSA) is 66.9 Å². The molecule has 0 aromatic heterocycles. The minimum atomic E-state index is -3.14. The van der Waals surface area contributed by atoms with Gasteiger partial charge >= 0.3 is 0 Å². The quantitative estimate of drug-likeness (QED) is 0.697. The van der Waals surface area contributed by atoms with E-state index in [1.165, 1.54) is 0 Å². The average Bonchev–Trinajstić information content (AvgIpc) is 3.14. The molecule has 3 aliphatic rings. The molecule has 0 bridgehead atoms. The highest BCUT2D eigenvalue weighted by Crippen LogP contribution is 2.33. The number of carbonyl (C=O) groups is 1. The highest BCUT2D eigenvalue weighted by Gasteiger charge is 2.44. The van der Waals surface area contributed by atoms with Crippen LogP contribution >= 0.6 is 0 Å². The van der Waals surface area contributed by atoms with Gasteiger partial charge in [-0.15, -0.1) is 0 Å². The summed E-state index contributed by atoms with van der Waals surface area (Å²) in [6, 6.07) is 0. The van der Waals surface area contributed by atoms with Gasteiger partial charge in [-0.3, -0.25) is 4.79 Å². The summed E-state index contributed by atoms with van der Waals surface area (Å²) >= 11 is 0. The summed E-state index contributed by atoms with van der Waals surface area (Å²) in [6.07, 6.45) is 1.56. The van der Waals surface area contributed by atoms with Gasteiger partial charge in [0.1, 0.15) is 0 Å². The number of hydrogen-bond acceptors (Lipinski definition) is 4. The molecule has 6 nitrogen and oxygen atoms in total. The maximum absolute atomic E-state index is 12.3. The van der Waals surface area contributed by atoms with Crippen LogP contribution in [0.15, 0.2) is 0 Å². The van der Waals surface area contributed by atoms with E-state index in [1.54, 1.807) is 16.1 Å². The molecule has 0 aromatic rings. The molecule has 108 valence electrons. The van der Waals surface area contributed by atoms with Crippen molar-refractivity contribution in [1.82, 2.24) is 9.21 Å². The van der Waals surface area contributed by atoms with E-state index >= 15 is 0 Å². The van der Waals surface area contributed by atoms with E-state index in [-0.39, 0.29) is 23.2 Å². The van der Waals surface area contributed by atoms with Crippen molar-refractivity contribution in [2.45, 2.75) is 31.1 Å². The van der Waals surface area contributed by atoms with Crippen LogP contribution < -0.4 is 0 Å². The van der Waals surface area contributed by atoms with Crippen LogP contribution in [-0.4, -0.2) is 67.7 Å². The Balaban J connectivity index is 1.73. The molecule has 0 aromatic carbocycles. The summed E-state index contributed by atoms with van der Waals surface area (Å²) in [6.45, 7) is 4.12. The summed E-state index contributed by atoms with van der Waals surface area (Å²) < 4.78 is 31.9. The number of amides is 1. The van der Waals surface area contributed by atoms with Gasteiger partial charge in [0.2, 0.25) is 15.9 Å². The first kappa shape index (κ1) is 13.3. The van der Waals surface area contributed by atoms with Gasteiger partial charge in [0, 0.05) is 39.0 Å². The molecule has 2 aliphatic heterocycles. The van der Waals surface area contributed by atoms with Crippen LogP contribution in [0.5, 0.6) is 0 Å². The molecular formula is C12H20N2O4S. The van der Waals surface area contributed by atoms with Crippen LogP contribution in [0.2, 0.25) is 0 Å². The first-order chi connectivity index (χ1) is 8.98. The normalized spacial score (nSPS) is 33.0. The van der Waals surface area contributed by atoms with Crippen molar-refractivity contribution < 1.29 is 17.9 Å². The lowest BCUT2D eigenvalue weighted by Crippen LogP contribution is -2.39. The Morgan fingerprint density at radius 3 is 2.58 bits per heavy atom. The van der Waals surface area contributed by atoms with Gasteiger partial charge in [-0.05, 0) is 12.8 Å². The maximum atomic E-state index is 12.3. The number of likely N-dealkylation sites (tertiary alicyclic amines) is 1. The van der Waals surface area contributed by atoms with E-state index in [0.29, 0.717) is 32.8 Å². The lowest BCUT2D eigenvalue weighted by atomic mass is 10.1. The zero-order valence-corrected chi connectivity index (χ0v) is 11.9. The van der Waals surface area contributed by atoms with Gasteiger partial charge in [0.25, 0.3) is 0 Å². The number of nitrogens with zero attached hydrogens (tertiary/aromatic N) is 2. The summed E-state index contributed by atoms with van der Waals surface area (Å²) in [5.74, 6) is 0.146. The molecule has 0 radical (unpaired) electrons. The Morgan fingerprint density at radius 2 is 1.95 bits per heavy atom. The maximum Gasteiger partial charge on any atom is 0.219 e. The fourth-order valence-corrected chi connectivity index (χ4v) is 4.81. The monoisotopic (exact) mass is 288 g/mol. The van der Waals surface area contributed by atoms with Gasteiger partial charge in [0.05, 0.1) is 18.0 Å². The fourth-order valence-electron chi connectivity index (χ4n) is 2.93. The number of rotatable bonds is 2. The van der Waals surface area contributed by atoms with Crippen LogP contribution in [0.25, 0.3) is 0 Å². The summed E-state index contributed by atoms with van der Waals surface area (Å²) in [4.78, 5) is 13.2. The average molecular weight is 288 g/mol. The number of fused-ring (bicyclic) bond motifs is 1. The van der Waals surface area contributed by atoms with E-state index < -0.39 is 10.0 Å². The molecule has 19 heavy (non-hydrogen) atoms. The highest BCUT2D eigenvalue weighted by molar-refractivity contribution is 7.90. The lowest BCUT2D eigenvalue weighted by molar-refractivity contribution is -0.128. The summed E-state index contributed by atoms with van der Waals surface area (Å²) in [7, 11) is -3.14. The van der Waals surface area contributed by atoms with Crippen molar-refractivity contribution >= 4 is 15.9 Å². The Kier molecular flexibility index (Phi) is 3.31. The number of hydrogen-bond donors (Lipinski definition) is 0. The van der Waals surface area contributed by atoms with E-state index in [0.717, 1.165) is 12.8 Å². The molecule has 0 N–H and O–H groups in total. The van der Waals surface area contributed by atoms with Crippen molar-refractivity contribution in [3.05, 3.63) is 0 Å². The second kappa shape index (κ2) is 4.71. The van der Waals surface area contributed by atoms with Crippen LogP contribution in [0, 0.1) is 5.92 Å². The standard InChI is InChI=1S/C12H20N2O4S/c1-9(15)13-6-10-7-14(4-5-18-12(10)8-13)19(16,17)11-2-3-11/h10-12H,2-8H2,1H3/t10-,12-/m1/s1. The molecule has 1 amide bonds. The first-order valence-electron chi connectivity index (χ1n) is 6.84. The molecule has 3 rings (SSSR count). The predicted molar refractivity (Wildman–Crippen MR) is 69.0 cm³/mol. The zero-order chi connectivity index (χ0) is 13.6. The number of sulfonamides is 1. The van der Waals surface area contributed by atoms with Crippen LogP contribution in [0.1, 0.15) is 19.8 Å². The number of ether oxygens (including phenoxy) is 1. The summed E-state index contributed by atoms with van der Waals surface area (Å²) in [5, 5.41) is -0.172. The van der Waals surface area contributed by atoms with E-state index in [9.17, 15) is 13.2 Å². The Bertz CT molecular complexity index is 474. The first-order valence-corrected chi connectivity index (χ1v) is 8.35. The third-order valence-corrected chi connectivity index (χ3v) is 6.61. The van der Waals surface area contributed by atoms with E-state index in [4.69, 9.17) is 4.74 Å². The minimum Gasteiger partial charge on any atom is -0.375 e. The molecule has 2 heterocycles. The fraction of sp³-hybridized carbons (Fsp3) is 0.917. The van der Waals surface area contributed by atoms with Crippen molar-refractivity contribution in [3.8, 4) is 0 Å². The molecular weight excluding hydrogens is 268 g/mol. The smallest absolute Gasteiger partial charge is 0.219 e. The van der Waals surface area contributed by atoms with Crippen LogP contribution in [-0.2, 0) is 19.6 Å². The third kappa shape index (κ3) is 2.51. The zero-order valence-electron chi connectivity index (χ0n) is 11.1. The highest BCUT2D eigenvalue weighted by atomic mass is 32.2. The molecule has 2 atom stereocenters. The Hall–Kier alpha value is -0.660. The number of carbonyl (C=O) groups excluding carboxylic acids is 1. The minimum absolute atomic E-state index is 0.0108. The van der Waals surface area contributed by atoms with E-state index in [1.807, 2.05) is 0 Å². The molecule has 0 spiro atoms. The van der Waals surface area contributed by atoms with Gasteiger partial charge in [-0.2, -0.15) is 4.31 Å². The lowest BCUT2D eigenvalue weighted by Gasteiger charge is -2.22. The van der Waals surface area contributed by atoms with Crippen molar-refractivity contribution in [2.75, 3.05) is 32.8 Å². The van der Waals surface area contributed by atoms with Crippen molar-refractivity contribution in [3.63, 3.8) is 0 Å². The van der Waals surface area contributed by atoms with Gasteiger partial charge in [-0.25, -0.2) is 8.42 Å². The van der Waals surface area contributed by atoms with E-state index in [2.05, 4.69) is 0 Å². The second-order valence-corrected chi connectivity index (χ2v) is 7.91. The van der Waals surface area contributed by atoms with Crippen LogP contribution in [0.4, 0.5) is 0 Å². The third-order valence-electron chi connectivity index (χ3n) is 4.24. The van der Waals surface area contributed by atoms with Gasteiger partial charge in [0.15, 0.2) is 0 Å². The second-order valence-electron chi connectivity index (χ2n) is 5.70. The van der Waals surface area contributed by atoms with Gasteiger partial charge in [-0.1, -0.05) is 0 Å². The molecule has 1 aliphatic carbocycles. The van der Waals surface area contributed by atoms with Gasteiger partial charge < -0.3 is 9.64 Å². The molecule has 7 heteroatoms. The molecule has 0 unspecified atom stereocenters. The molecule has 2 saturated heterocycles. The van der Waals surface area contributed by atoms with Crippen molar-refractivity contribution in [1.29, 1.82) is 0 Å².